The standard InChI is InChI=1S/C15H12F5NO3S/c1-7(2)24-8-3-5-9(6-4-8)25(22,23)21-15-13(19)11(17)10(16)12(18)14(15)20/h3-7,21H,1-2H3. The van der Waals surface area contributed by atoms with Crippen LogP contribution in [-0.4, -0.2) is 14.5 Å². The first-order valence-electron chi connectivity index (χ1n) is 6.85. The van der Waals surface area contributed by atoms with Gasteiger partial charge in [0.1, 0.15) is 11.4 Å². The van der Waals surface area contributed by atoms with Gasteiger partial charge in [0.2, 0.25) is 5.82 Å². The Morgan fingerprint density at radius 3 is 1.72 bits per heavy atom. The van der Waals surface area contributed by atoms with Gasteiger partial charge in [0.15, 0.2) is 23.3 Å². The second kappa shape index (κ2) is 6.87. The summed E-state index contributed by atoms with van der Waals surface area (Å²) in [6.07, 6.45) is -0.172. The molecule has 0 aliphatic heterocycles. The largest absolute Gasteiger partial charge is 0.491 e. The van der Waals surface area contributed by atoms with E-state index in [9.17, 15) is 30.4 Å². The summed E-state index contributed by atoms with van der Waals surface area (Å²) < 4.78 is 97.4. The Morgan fingerprint density at radius 2 is 1.28 bits per heavy atom. The molecule has 0 amide bonds. The minimum Gasteiger partial charge on any atom is -0.491 e. The van der Waals surface area contributed by atoms with Gasteiger partial charge in [-0.05, 0) is 38.1 Å². The Kier molecular flexibility index (Phi) is 5.21. The summed E-state index contributed by atoms with van der Waals surface area (Å²) in [6.45, 7) is 3.49. The topological polar surface area (TPSA) is 55.4 Å². The number of nitrogens with one attached hydrogen (secondary N) is 1. The molecule has 2 aromatic rings. The fourth-order valence-corrected chi connectivity index (χ4v) is 2.92. The highest BCUT2D eigenvalue weighted by Crippen LogP contribution is 2.29. The molecule has 0 aromatic heterocycles. The van der Waals surface area contributed by atoms with Gasteiger partial charge in [-0.3, -0.25) is 4.72 Å². The van der Waals surface area contributed by atoms with Crippen LogP contribution in [0.25, 0.3) is 0 Å². The van der Waals surface area contributed by atoms with Crippen molar-refractivity contribution in [1.29, 1.82) is 0 Å². The predicted octanol–water partition coefficient (Wildman–Crippen LogP) is 3.97. The van der Waals surface area contributed by atoms with Gasteiger partial charge in [0.25, 0.3) is 10.0 Å². The highest BCUT2D eigenvalue weighted by atomic mass is 32.2. The van der Waals surface area contributed by atoms with Crippen LogP contribution in [0.2, 0.25) is 0 Å². The van der Waals surface area contributed by atoms with Gasteiger partial charge in [-0.2, -0.15) is 0 Å². The van der Waals surface area contributed by atoms with E-state index in [1.165, 1.54) is 16.9 Å². The average molecular weight is 381 g/mol. The number of anilines is 1. The maximum Gasteiger partial charge on any atom is 0.262 e. The number of hydrogen-bond acceptors (Lipinski definition) is 3. The Balaban J connectivity index is 2.40. The molecule has 4 nitrogen and oxygen atoms in total. The molecule has 0 radical (unpaired) electrons. The summed E-state index contributed by atoms with van der Waals surface area (Å²) in [7, 11) is -4.59. The van der Waals surface area contributed by atoms with E-state index in [2.05, 4.69) is 0 Å². The number of benzene rings is 2. The van der Waals surface area contributed by atoms with E-state index in [1.54, 1.807) is 13.8 Å². The Bertz CT molecular complexity index is 869. The van der Waals surface area contributed by atoms with Crippen LogP contribution in [0.5, 0.6) is 5.75 Å². The normalized spacial score (nSPS) is 11.7. The van der Waals surface area contributed by atoms with Crippen molar-refractivity contribution in [2.45, 2.75) is 24.8 Å². The highest BCUT2D eigenvalue weighted by molar-refractivity contribution is 7.92. The maximum atomic E-state index is 13.6. The third kappa shape index (κ3) is 3.84. The lowest BCUT2D eigenvalue weighted by atomic mass is 10.2. The number of rotatable bonds is 5. The fourth-order valence-electron chi connectivity index (χ4n) is 1.86. The zero-order valence-electron chi connectivity index (χ0n) is 12.9. The van der Waals surface area contributed by atoms with E-state index < -0.39 is 49.7 Å². The first kappa shape index (κ1) is 19.0. The third-order valence-corrected chi connectivity index (χ3v) is 4.32. The van der Waals surface area contributed by atoms with Gasteiger partial charge in [-0.1, -0.05) is 0 Å². The molecule has 1 N–H and O–H groups in total. The molecule has 0 unspecified atom stereocenters. The molecular weight excluding hydrogens is 369 g/mol. The SMILES string of the molecule is CC(C)Oc1ccc(S(=O)(=O)Nc2c(F)c(F)c(F)c(F)c2F)cc1. The Labute approximate surface area is 140 Å². The molecule has 0 spiro atoms. The number of sulfonamides is 1. The van der Waals surface area contributed by atoms with Crippen LogP contribution < -0.4 is 9.46 Å². The van der Waals surface area contributed by atoms with E-state index in [4.69, 9.17) is 4.74 Å². The van der Waals surface area contributed by atoms with Crippen LogP contribution in [-0.2, 0) is 10.0 Å². The van der Waals surface area contributed by atoms with Gasteiger partial charge in [-0.15, -0.1) is 0 Å². The van der Waals surface area contributed by atoms with Crippen molar-refractivity contribution in [3.05, 3.63) is 53.4 Å². The van der Waals surface area contributed by atoms with Crippen LogP contribution in [0.4, 0.5) is 27.6 Å². The molecule has 0 bridgehead atoms. The lowest BCUT2D eigenvalue weighted by molar-refractivity contribution is 0.242. The fraction of sp³-hybridized carbons (Fsp3) is 0.200. The minimum atomic E-state index is -4.59. The van der Waals surface area contributed by atoms with Crippen LogP contribution >= 0.6 is 0 Å². The highest BCUT2D eigenvalue weighted by Gasteiger charge is 2.28. The number of ether oxygens (including phenoxy) is 1. The van der Waals surface area contributed by atoms with Crippen molar-refractivity contribution in [1.82, 2.24) is 0 Å². The molecule has 0 atom stereocenters. The zero-order valence-corrected chi connectivity index (χ0v) is 13.7. The van der Waals surface area contributed by atoms with Crippen LogP contribution in [0.3, 0.4) is 0 Å². The molecule has 2 aromatic carbocycles. The van der Waals surface area contributed by atoms with Crippen LogP contribution in [0.1, 0.15) is 13.8 Å². The minimum absolute atomic E-state index is 0.172. The van der Waals surface area contributed by atoms with E-state index in [0.717, 1.165) is 12.1 Å². The summed E-state index contributed by atoms with van der Waals surface area (Å²) >= 11 is 0. The van der Waals surface area contributed by atoms with Gasteiger partial charge >= 0.3 is 0 Å². The smallest absolute Gasteiger partial charge is 0.262 e. The summed E-state index contributed by atoms with van der Waals surface area (Å²) in [4.78, 5) is -0.451. The monoisotopic (exact) mass is 381 g/mol. The first-order valence-corrected chi connectivity index (χ1v) is 8.34. The second-order valence-corrected chi connectivity index (χ2v) is 6.87. The van der Waals surface area contributed by atoms with Crippen molar-refractivity contribution in [2.75, 3.05) is 4.72 Å². The third-order valence-electron chi connectivity index (χ3n) is 2.95. The summed E-state index contributed by atoms with van der Waals surface area (Å²) in [5.41, 5.74) is -1.65. The Morgan fingerprint density at radius 1 is 0.840 bits per heavy atom. The second-order valence-electron chi connectivity index (χ2n) is 5.19. The van der Waals surface area contributed by atoms with Crippen molar-refractivity contribution in [3.8, 4) is 5.75 Å². The maximum absolute atomic E-state index is 13.6. The number of hydrogen-bond donors (Lipinski definition) is 1. The average Bonchev–Trinajstić information content (AvgIpc) is 2.55. The summed E-state index contributed by atoms with van der Waals surface area (Å²) in [6, 6.07) is 4.69. The molecule has 25 heavy (non-hydrogen) atoms. The molecule has 0 aliphatic rings. The zero-order chi connectivity index (χ0) is 18.9. The molecule has 10 heteroatoms. The van der Waals surface area contributed by atoms with Gasteiger partial charge < -0.3 is 4.74 Å². The van der Waals surface area contributed by atoms with E-state index in [-0.39, 0.29) is 6.10 Å². The lowest BCUT2D eigenvalue weighted by Crippen LogP contribution is -2.17. The molecule has 0 saturated heterocycles. The van der Waals surface area contributed by atoms with E-state index >= 15 is 0 Å². The van der Waals surface area contributed by atoms with Gasteiger partial charge in [-0.25, -0.2) is 30.4 Å². The van der Waals surface area contributed by atoms with Gasteiger partial charge in [0, 0.05) is 0 Å². The van der Waals surface area contributed by atoms with E-state index in [0.29, 0.717) is 5.75 Å². The molecule has 0 saturated carbocycles. The summed E-state index contributed by atoms with van der Waals surface area (Å²) in [5.74, 6) is -11.1. The van der Waals surface area contributed by atoms with Crippen molar-refractivity contribution >= 4 is 15.7 Å². The quantitative estimate of drug-likeness (QED) is 0.484. The predicted molar refractivity (Wildman–Crippen MR) is 79.2 cm³/mol. The molecule has 0 heterocycles. The summed E-state index contributed by atoms with van der Waals surface area (Å²) in [5, 5.41) is 0. The molecular formula is C15H12F5NO3S. The first-order chi connectivity index (χ1) is 11.5. The van der Waals surface area contributed by atoms with Gasteiger partial charge in [0.05, 0.1) is 11.0 Å². The van der Waals surface area contributed by atoms with E-state index in [1.807, 2.05) is 0 Å². The molecule has 0 aliphatic carbocycles. The molecule has 2 rings (SSSR count). The lowest BCUT2D eigenvalue weighted by Gasteiger charge is -2.13. The molecule has 0 fully saturated rings. The van der Waals surface area contributed by atoms with Crippen molar-refractivity contribution in [3.63, 3.8) is 0 Å². The van der Waals surface area contributed by atoms with Crippen molar-refractivity contribution in [2.24, 2.45) is 0 Å². The Hall–Kier alpha value is -2.36. The van der Waals surface area contributed by atoms with Crippen molar-refractivity contribution < 1.29 is 35.1 Å². The van der Waals surface area contributed by atoms with Crippen LogP contribution in [0.15, 0.2) is 29.2 Å². The van der Waals surface area contributed by atoms with Crippen LogP contribution in [0, 0.1) is 29.1 Å². The molecule has 136 valence electrons. The number of halogens is 5.